The number of rotatable bonds is 8. The molecule has 1 rings (SSSR count). The number of halogens is 1. The zero-order valence-electron chi connectivity index (χ0n) is 11.7. The molecule has 0 saturated heterocycles. The summed E-state index contributed by atoms with van der Waals surface area (Å²) in [6.07, 6.45) is 5.85. The molecule has 110 valence electrons. The Hall–Kier alpha value is -1.49. The van der Waals surface area contributed by atoms with E-state index in [1.165, 1.54) is 6.08 Å². The van der Waals surface area contributed by atoms with Crippen LogP contribution in [-0.4, -0.2) is 24.8 Å². The molecule has 5 heteroatoms. The summed E-state index contributed by atoms with van der Waals surface area (Å²) in [6.45, 7) is 2.77. The number of carboxylic acid groups (broad SMARTS) is 1. The highest BCUT2D eigenvalue weighted by molar-refractivity contribution is 9.10. The molecule has 0 saturated carbocycles. The normalized spacial score (nSPS) is 10.8. The van der Waals surface area contributed by atoms with Gasteiger partial charge in [0, 0.05) is 6.08 Å². The van der Waals surface area contributed by atoms with Crippen LogP contribution in [0, 0.1) is 0 Å². The molecule has 0 aliphatic carbocycles. The first-order valence-electron chi connectivity index (χ1n) is 6.49. The topological polar surface area (TPSA) is 55.8 Å². The lowest BCUT2D eigenvalue weighted by atomic mass is 10.2. The van der Waals surface area contributed by atoms with Gasteiger partial charge in [-0.3, -0.25) is 0 Å². The minimum Gasteiger partial charge on any atom is -0.493 e. The molecule has 0 radical (unpaired) electrons. The van der Waals surface area contributed by atoms with Gasteiger partial charge in [0.1, 0.15) is 0 Å². The SMILES string of the molecule is CCCCCOc1c(Br)cc(/C=C/C(=O)O)cc1OC. The van der Waals surface area contributed by atoms with Gasteiger partial charge in [0.05, 0.1) is 18.2 Å². The maximum Gasteiger partial charge on any atom is 0.328 e. The third-order valence-electron chi connectivity index (χ3n) is 2.66. The van der Waals surface area contributed by atoms with E-state index in [2.05, 4.69) is 22.9 Å². The van der Waals surface area contributed by atoms with Gasteiger partial charge in [0.15, 0.2) is 11.5 Å². The van der Waals surface area contributed by atoms with Gasteiger partial charge >= 0.3 is 5.97 Å². The van der Waals surface area contributed by atoms with Crippen LogP contribution in [0.15, 0.2) is 22.7 Å². The second-order valence-electron chi connectivity index (χ2n) is 4.26. The molecular weight excluding hydrogens is 324 g/mol. The Bertz CT molecular complexity index is 483. The number of unbranched alkanes of at least 4 members (excludes halogenated alkanes) is 2. The van der Waals surface area contributed by atoms with Crippen LogP contribution in [0.25, 0.3) is 6.08 Å². The van der Waals surface area contributed by atoms with Crippen molar-refractivity contribution < 1.29 is 19.4 Å². The first-order chi connectivity index (χ1) is 9.58. The lowest BCUT2D eigenvalue weighted by Gasteiger charge is -2.13. The molecule has 0 atom stereocenters. The zero-order valence-corrected chi connectivity index (χ0v) is 13.3. The number of carbonyl (C=O) groups is 1. The summed E-state index contributed by atoms with van der Waals surface area (Å²) in [5, 5.41) is 8.64. The van der Waals surface area contributed by atoms with Gasteiger partial charge in [-0.15, -0.1) is 0 Å². The molecule has 1 aromatic rings. The smallest absolute Gasteiger partial charge is 0.328 e. The van der Waals surface area contributed by atoms with Crippen molar-refractivity contribution in [2.75, 3.05) is 13.7 Å². The number of benzene rings is 1. The van der Waals surface area contributed by atoms with Crippen molar-refractivity contribution >= 4 is 28.0 Å². The third-order valence-corrected chi connectivity index (χ3v) is 3.25. The Labute approximate surface area is 127 Å². The van der Waals surface area contributed by atoms with Crippen molar-refractivity contribution in [1.29, 1.82) is 0 Å². The molecule has 0 amide bonds. The van der Waals surface area contributed by atoms with Gasteiger partial charge in [0.2, 0.25) is 0 Å². The number of carboxylic acids is 1. The molecule has 0 aliphatic rings. The molecule has 0 unspecified atom stereocenters. The summed E-state index contributed by atoms with van der Waals surface area (Å²) < 4.78 is 11.8. The lowest BCUT2D eigenvalue weighted by molar-refractivity contribution is -0.131. The summed E-state index contributed by atoms with van der Waals surface area (Å²) in [6, 6.07) is 3.55. The van der Waals surface area contributed by atoms with E-state index in [4.69, 9.17) is 14.6 Å². The monoisotopic (exact) mass is 342 g/mol. The van der Waals surface area contributed by atoms with Gasteiger partial charge in [-0.2, -0.15) is 0 Å². The number of aliphatic carboxylic acids is 1. The van der Waals surface area contributed by atoms with Crippen LogP contribution in [0.1, 0.15) is 31.7 Å². The van der Waals surface area contributed by atoms with E-state index in [0.717, 1.165) is 35.4 Å². The maximum atomic E-state index is 10.5. The fourth-order valence-corrected chi connectivity index (χ4v) is 2.24. The molecule has 1 N–H and O–H groups in total. The van der Waals surface area contributed by atoms with E-state index >= 15 is 0 Å². The third kappa shape index (κ3) is 5.25. The Morgan fingerprint density at radius 2 is 2.15 bits per heavy atom. The average molecular weight is 343 g/mol. The van der Waals surface area contributed by atoms with Gasteiger partial charge < -0.3 is 14.6 Å². The molecule has 0 spiro atoms. The van der Waals surface area contributed by atoms with Crippen LogP contribution in [0.3, 0.4) is 0 Å². The summed E-state index contributed by atoms with van der Waals surface area (Å²) >= 11 is 3.43. The van der Waals surface area contributed by atoms with Gasteiger partial charge in [-0.25, -0.2) is 4.79 Å². The standard InChI is InChI=1S/C15H19BrO4/c1-3-4-5-8-20-15-12(16)9-11(6-7-14(17)18)10-13(15)19-2/h6-7,9-10H,3-5,8H2,1-2H3,(H,17,18)/b7-6+. The first kappa shape index (κ1) is 16.6. The molecule has 4 nitrogen and oxygen atoms in total. The molecule has 0 bridgehead atoms. The fraction of sp³-hybridized carbons (Fsp3) is 0.400. The quantitative estimate of drug-likeness (QED) is 0.570. The Balaban J connectivity index is 2.87. The minimum absolute atomic E-state index is 0.584. The molecule has 0 fully saturated rings. The van der Waals surface area contributed by atoms with Crippen LogP contribution in [0.5, 0.6) is 11.5 Å². The second kappa shape index (κ2) is 8.64. The number of ether oxygens (including phenoxy) is 2. The van der Waals surface area contributed by atoms with Crippen molar-refractivity contribution in [3.8, 4) is 11.5 Å². The fourth-order valence-electron chi connectivity index (χ4n) is 1.67. The summed E-state index contributed by atoms with van der Waals surface area (Å²) in [7, 11) is 1.56. The van der Waals surface area contributed by atoms with E-state index in [9.17, 15) is 4.79 Å². The summed E-state index contributed by atoms with van der Waals surface area (Å²) in [4.78, 5) is 10.5. The van der Waals surface area contributed by atoms with E-state index < -0.39 is 5.97 Å². The molecule has 0 heterocycles. The Morgan fingerprint density at radius 3 is 2.75 bits per heavy atom. The predicted molar refractivity (Wildman–Crippen MR) is 82.4 cm³/mol. The van der Waals surface area contributed by atoms with Crippen molar-refractivity contribution in [3.05, 3.63) is 28.2 Å². The molecule has 1 aromatic carbocycles. The summed E-state index contributed by atoms with van der Waals surface area (Å²) in [5.74, 6) is 0.247. The summed E-state index contributed by atoms with van der Waals surface area (Å²) in [5.41, 5.74) is 0.733. The van der Waals surface area contributed by atoms with Crippen LogP contribution < -0.4 is 9.47 Å². The van der Waals surface area contributed by atoms with E-state index in [1.807, 2.05) is 0 Å². The predicted octanol–water partition coefficient (Wildman–Crippen LogP) is 4.12. The van der Waals surface area contributed by atoms with Crippen LogP contribution in [0.4, 0.5) is 0 Å². The largest absolute Gasteiger partial charge is 0.493 e. The molecular formula is C15H19BrO4. The number of methoxy groups -OCH3 is 1. The first-order valence-corrected chi connectivity index (χ1v) is 7.29. The van der Waals surface area contributed by atoms with E-state index in [-0.39, 0.29) is 0 Å². The molecule has 0 aromatic heterocycles. The average Bonchev–Trinajstić information content (AvgIpc) is 2.42. The number of hydrogen-bond donors (Lipinski definition) is 1. The molecule has 0 aliphatic heterocycles. The van der Waals surface area contributed by atoms with Crippen molar-refractivity contribution in [3.63, 3.8) is 0 Å². The van der Waals surface area contributed by atoms with Crippen LogP contribution in [0.2, 0.25) is 0 Å². The van der Waals surface area contributed by atoms with E-state index in [1.54, 1.807) is 19.2 Å². The van der Waals surface area contributed by atoms with Crippen LogP contribution in [-0.2, 0) is 4.79 Å². The number of hydrogen-bond acceptors (Lipinski definition) is 3. The second-order valence-corrected chi connectivity index (χ2v) is 5.12. The van der Waals surface area contributed by atoms with Crippen LogP contribution >= 0.6 is 15.9 Å². The maximum absolute atomic E-state index is 10.5. The van der Waals surface area contributed by atoms with Crippen molar-refractivity contribution in [2.24, 2.45) is 0 Å². The highest BCUT2D eigenvalue weighted by Crippen LogP contribution is 2.37. The highest BCUT2D eigenvalue weighted by Gasteiger charge is 2.10. The van der Waals surface area contributed by atoms with Crippen molar-refractivity contribution in [1.82, 2.24) is 0 Å². The zero-order chi connectivity index (χ0) is 15.0. The van der Waals surface area contributed by atoms with Gasteiger partial charge in [0.25, 0.3) is 0 Å². The van der Waals surface area contributed by atoms with E-state index in [0.29, 0.717) is 18.1 Å². The van der Waals surface area contributed by atoms with Gasteiger partial charge in [-0.1, -0.05) is 19.8 Å². The minimum atomic E-state index is -0.986. The van der Waals surface area contributed by atoms with Crippen molar-refractivity contribution in [2.45, 2.75) is 26.2 Å². The highest BCUT2D eigenvalue weighted by atomic mass is 79.9. The Morgan fingerprint density at radius 1 is 1.40 bits per heavy atom. The lowest BCUT2D eigenvalue weighted by Crippen LogP contribution is -2.00. The molecule has 20 heavy (non-hydrogen) atoms. The van der Waals surface area contributed by atoms with Gasteiger partial charge in [-0.05, 0) is 46.1 Å². The Kier molecular flexibility index (Phi) is 7.15.